The van der Waals surface area contributed by atoms with Crippen LogP contribution in [0.1, 0.15) is 25.5 Å². The Morgan fingerprint density at radius 1 is 1.29 bits per heavy atom. The zero-order valence-electron chi connectivity index (χ0n) is 12.8. The van der Waals surface area contributed by atoms with Crippen LogP contribution < -0.4 is 9.47 Å². The minimum atomic E-state index is -0.641. The van der Waals surface area contributed by atoms with E-state index in [1.165, 1.54) is 0 Å². The summed E-state index contributed by atoms with van der Waals surface area (Å²) in [5.74, 6) is 1.38. The van der Waals surface area contributed by atoms with E-state index in [-0.39, 0.29) is 6.04 Å². The van der Waals surface area contributed by atoms with Gasteiger partial charge in [-0.1, -0.05) is 6.07 Å². The molecule has 2 heterocycles. The first kappa shape index (κ1) is 14.6. The summed E-state index contributed by atoms with van der Waals surface area (Å²) in [4.78, 5) is 2.25. The molecule has 1 N–H and O–H groups in total. The Kier molecular flexibility index (Phi) is 3.82. The number of methoxy groups -OCH3 is 1. The van der Waals surface area contributed by atoms with Gasteiger partial charge in [-0.15, -0.1) is 0 Å². The van der Waals surface area contributed by atoms with E-state index >= 15 is 0 Å². The second kappa shape index (κ2) is 5.48. The van der Waals surface area contributed by atoms with Crippen molar-refractivity contribution in [2.45, 2.75) is 31.6 Å². The summed E-state index contributed by atoms with van der Waals surface area (Å²) in [6.07, 6.45) is -0.641. The predicted octanol–water partition coefficient (Wildman–Crippen LogP) is 1.60. The van der Waals surface area contributed by atoms with E-state index < -0.39 is 11.7 Å². The highest BCUT2D eigenvalue weighted by Gasteiger charge is 2.47. The van der Waals surface area contributed by atoms with Gasteiger partial charge in [0.2, 0.25) is 0 Å². The molecule has 2 unspecified atom stereocenters. The molecule has 1 saturated heterocycles. The van der Waals surface area contributed by atoms with Crippen LogP contribution in [0, 0.1) is 0 Å². The fraction of sp³-hybridized carbons (Fsp3) is 0.625. The average molecular weight is 293 g/mol. The van der Waals surface area contributed by atoms with Crippen molar-refractivity contribution in [3.05, 3.63) is 23.8 Å². The monoisotopic (exact) mass is 293 g/mol. The molecule has 21 heavy (non-hydrogen) atoms. The second-order valence-corrected chi connectivity index (χ2v) is 6.12. The highest BCUT2D eigenvalue weighted by molar-refractivity contribution is 5.49. The highest BCUT2D eigenvalue weighted by Crippen LogP contribution is 2.46. The van der Waals surface area contributed by atoms with Gasteiger partial charge in [0.25, 0.3) is 0 Å². The number of morpholine rings is 1. The van der Waals surface area contributed by atoms with Gasteiger partial charge in [0.1, 0.15) is 23.2 Å². The Morgan fingerprint density at radius 3 is 2.67 bits per heavy atom. The molecule has 5 heteroatoms. The minimum absolute atomic E-state index is 0.120. The van der Waals surface area contributed by atoms with Crippen molar-refractivity contribution in [3.63, 3.8) is 0 Å². The number of aliphatic hydroxyl groups excluding tert-OH is 1. The van der Waals surface area contributed by atoms with E-state index in [0.29, 0.717) is 24.7 Å². The summed E-state index contributed by atoms with van der Waals surface area (Å²) < 4.78 is 17.0. The molecule has 0 radical (unpaired) electrons. The fourth-order valence-corrected chi connectivity index (χ4v) is 3.46. The maximum atomic E-state index is 11.0. The van der Waals surface area contributed by atoms with Crippen molar-refractivity contribution in [1.82, 2.24) is 4.90 Å². The lowest BCUT2D eigenvalue weighted by Crippen LogP contribution is -2.60. The largest absolute Gasteiger partial charge is 0.496 e. The van der Waals surface area contributed by atoms with Crippen molar-refractivity contribution in [1.29, 1.82) is 0 Å². The number of rotatable bonds is 2. The van der Waals surface area contributed by atoms with Crippen LogP contribution in [0.2, 0.25) is 0 Å². The van der Waals surface area contributed by atoms with Crippen molar-refractivity contribution >= 4 is 0 Å². The number of aliphatic hydroxyl groups is 1. The quantitative estimate of drug-likeness (QED) is 0.897. The third-order valence-corrected chi connectivity index (χ3v) is 4.37. The standard InChI is InChI=1S/C16H23NO4/c1-16(2)15(17-7-9-20-10-8-17)14(18)13-11(19-3)5-4-6-12(13)21-16/h4-6,14-15,18H,7-10H2,1-3H3. The lowest BCUT2D eigenvalue weighted by atomic mass is 9.84. The Balaban J connectivity index is 2.01. The van der Waals surface area contributed by atoms with Gasteiger partial charge in [-0.05, 0) is 26.0 Å². The van der Waals surface area contributed by atoms with Gasteiger partial charge in [-0.3, -0.25) is 4.90 Å². The van der Waals surface area contributed by atoms with Gasteiger partial charge in [-0.2, -0.15) is 0 Å². The number of nitrogens with zero attached hydrogens (tertiary/aromatic N) is 1. The molecule has 0 aromatic heterocycles. The van der Waals surface area contributed by atoms with Crippen LogP contribution in [0.4, 0.5) is 0 Å². The molecule has 1 aromatic carbocycles. The molecular weight excluding hydrogens is 270 g/mol. The summed E-state index contributed by atoms with van der Waals surface area (Å²) in [6.45, 7) is 7.05. The van der Waals surface area contributed by atoms with Crippen LogP contribution in [0.15, 0.2) is 18.2 Å². The van der Waals surface area contributed by atoms with Gasteiger partial charge >= 0.3 is 0 Å². The normalized spacial score (nSPS) is 28.6. The van der Waals surface area contributed by atoms with Crippen molar-refractivity contribution < 1.29 is 19.3 Å². The number of fused-ring (bicyclic) bond motifs is 1. The first-order valence-corrected chi connectivity index (χ1v) is 7.40. The van der Waals surface area contributed by atoms with Crippen LogP contribution in [-0.2, 0) is 4.74 Å². The molecule has 0 spiro atoms. The van der Waals surface area contributed by atoms with Crippen molar-refractivity contribution in [2.24, 2.45) is 0 Å². The number of hydrogen-bond acceptors (Lipinski definition) is 5. The maximum Gasteiger partial charge on any atom is 0.129 e. The second-order valence-electron chi connectivity index (χ2n) is 6.12. The van der Waals surface area contributed by atoms with Gasteiger partial charge in [-0.25, -0.2) is 0 Å². The summed E-state index contributed by atoms with van der Waals surface area (Å²) in [7, 11) is 1.62. The summed E-state index contributed by atoms with van der Waals surface area (Å²) in [5.41, 5.74) is 0.270. The zero-order valence-corrected chi connectivity index (χ0v) is 12.8. The molecule has 0 saturated carbocycles. The fourth-order valence-electron chi connectivity index (χ4n) is 3.46. The Morgan fingerprint density at radius 2 is 2.00 bits per heavy atom. The molecule has 0 bridgehead atoms. The Bertz CT molecular complexity index is 511. The van der Waals surface area contributed by atoms with E-state index in [0.717, 1.165) is 18.7 Å². The summed E-state index contributed by atoms with van der Waals surface area (Å²) in [5, 5.41) is 11.0. The highest BCUT2D eigenvalue weighted by atomic mass is 16.5. The van der Waals surface area contributed by atoms with E-state index in [4.69, 9.17) is 14.2 Å². The lowest BCUT2D eigenvalue weighted by molar-refractivity contribution is -0.107. The third kappa shape index (κ3) is 2.50. The first-order valence-electron chi connectivity index (χ1n) is 7.40. The molecule has 1 aromatic rings. The summed E-state index contributed by atoms with van der Waals surface area (Å²) >= 11 is 0. The molecule has 0 amide bonds. The first-order chi connectivity index (χ1) is 10.0. The van der Waals surface area contributed by atoms with Gasteiger partial charge in [0.05, 0.1) is 31.9 Å². The maximum absolute atomic E-state index is 11.0. The topological polar surface area (TPSA) is 51.2 Å². The van der Waals surface area contributed by atoms with Crippen LogP contribution in [-0.4, -0.2) is 55.1 Å². The van der Waals surface area contributed by atoms with Crippen LogP contribution in [0.5, 0.6) is 11.5 Å². The molecule has 5 nitrogen and oxygen atoms in total. The number of ether oxygens (including phenoxy) is 3. The summed E-state index contributed by atoms with van der Waals surface area (Å²) in [6, 6.07) is 5.51. The van der Waals surface area contributed by atoms with Crippen LogP contribution >= 0.6 is 0 Å². The van der Waals surface area contributed by atoms with Crippen molar-refractivity contribution in [3.8, 4) is 11.5 Å². The Labute approximate surface area is 125 Å². The number of benzene rings is 1. The minimum Gasteiger partial charge on any atom is -0.496 e. The van der Waals surface area contributed by atoms with Gasteiger partial charge in [0.15, 0.2) is 0 Å². The third-order valence-electron chi connectivity index (χ3n) is 4.37. The molecule has 3 rings (SSSR count). The van der Waals surface area contributed by atoms with E-state index in [2.05, 4.69) is 4.90 Å². The van der Waals surface area contributed by atoms with Crippen LogP contribution in [0.25, 0.3) is 0 Å². The molecule has 2 aliphatic heterocycles. The zero-order chi connectivity index (χ0) is 15.0. The molecule has 0 aliphatic carbocycles. The average Bonchev–Trinajstić information content (AvgIpc) is 2.46. The van der Waals surface area contributed by atoms with Gasteiger partial charge in [0, 0.05) is 13.1 Å². The lowest BCUT2D eigenvalue weighted by Gasteiger charge is -2.49. The van der Waals surface area contributed by atoms with E-state index in [9.17, 15) is 5.11 Å². The molecular formula is C16H23NO4. The van der Waals surface area contributed by atoms with Gasteiger partial charge < -0.3 is 19.3 Å². The number of hydrogen-bond donors (Lipinski definition) is 1. The Hall–Kier alpha value is -1.30. The van der Waals surface area contributed by atoms with Crippen LogP contribution in [0.3, 0.4) is 0 Å². The van der Waals surface area contributed by atoms with E-state index in [1.54, 1.807) is 7.11 Å². The molecule has 116 valence electrons. The molecule has 2 atom stereocenters. The smallest absolute Gasteiger partial charge is 0.129 e. The predicted molar refractivity (Wildman–Crippen MR) is 78.8 cm³/mol. The van der Waals surface area contributed by atoms with Crippen molar-refractivity contribution in [2.75, 3.05) is 33.4 Å². The molecule has 1 fully saturated rings. The SMILES string of the molecule is COc1cccc2c1C(O)C(N1CCOCC1)C(C)(C)O2. The van der Waals surface area contributed by atoms with E-state index in [1.807, 2.05) is 32.0 Å². The molecule has 2 aliphatic rings.